The SMILES string of the molecule is CCOC(CN(Cc1ccc2ccccc2c1)C(=O)C(CC(=O)NC(c1ccccc1)(c1ccccc1)c1ccccc1)NC(=O)OCC1c2ccccc2-c2ccccc21)OCC. The van der Waals surface area contributed by atoms with E-state index in [9.17, 15) is 9.59 Å². The molecule has 1 unspecified atom stereocenters. The smallest absolute Gasteiger partial charge is 0.407 e. The van der Waals surface area contributed by atoms with E-state index in [0.717, 1.165) is 55.3 Å². The Hall–Kier alpha value is -7.07. The van der Waals surface area contributed by atoms with Gasteiger partial charge in [-0.15, -0.1) is 0 Å². The average molecular weight is 852 g/mol. The van der Waals surface area contributed by atoms with E-state index in [-0.39, 0.29) is 25.6 Å². The second kappa shape index (κ2) is 20.4. The van der Waals surface area contributed by atoms with Crippen molar-refractivity contribution in [2.75, 3.05) is 26.4 Å². The molecule has 0 radical (unpaired) electrons. The number of hydrogen-bond acceptors (Lipinski definition) is 6. The lowest BCUT2D eigenvalue weighted by atomic mass is 9.77. The summed E-state index contributed by atoms with van der Waals surface area (Å²) in [7, 11) is 0. The zero-order valence-corrected chi connectivity index (χ0v) is 36.2. The van der Waals surface area contributed by atoms with Crippen LogP contribution in [0.3, 0.4) is 0 Å². The lowest BCUT2D eigenvalue weighted by Gasteiger charge is -2.37. The molecule has 9 nitrogen and oxygen atoms in total. The minimum atomic E-state index is -1.35. The van der Waals surface area contributed by atoms with Gasteiger partial charge in [-0.25, -0.2) is 4.79 Å². The second-order valence-electron chi connectivity index (χ2n) is 15.9. The molecule has 0 heterocycles. The third-order valence-corrected chi connectivity index (χ3v) is 11.8. The number of nitrogens with one attached hydrogen (secondary N) is 2. The van der Waals surface area contributed by atoms with Gasteiger partial charge in [-0.1, -0.05) is 176 Å². The Bertz CT molecular complexity index is 2530. The number of rotatable bonds is 18. The number of ether oxygens (including phenoxy) is 3. The first-order chi connectivity index (χ1) is 31.4. The van der Waals surface area contributed by atoms with E-state index in [1.165, 1.54) is 0 Å². The fourth-order valence-corrected chi connectivity index (χ4v) is 8.92. The van der Waals surface area contributed by atoms with Crippen LogP contribution in [0.25, 0.3) is 21.9 Å². The maximum absolute atomic E-state index is 15.3. The van der Waals surface area contributed by atoms with Crippen molar-refractivity contribution in [3.8, 4) is 11.1 Å². The van der Waals surface area contributed by atoms with E-state index in [1.54, 1.807) is 4.90 Å². The number of benzene rings is 7. The van der Waals surface area contributed by atoms with Crippen LogP contribution in [0.1, 0.15) is 59.6 Å². The molecule has 9 heteroatoms. The van der Waals surface area contributed by atoms with Gasteiger partial charge in [-0.2, -0.15) is 0 Å². The number of nitrogens with zero attached hydrogens (tertiary/aromatic N) is 1. The normalized spacial score (nSPS) is 12.6. The first-order valence-electron chi connectivity index (χ1n) is 22.0. The molecule has 0 saturated heterocycles. The molecule has 0 bridgehead atoms. The zero-order chi connectivity index (χ0) is 44.3. The Morgan fingerprint density at radius 3 is 1.66 bits per heavy atom. The third-order valence-electron chi connectivity index (χ3n) is 11.8. The summed E-state index contributed by atoms with van der Waals surface area (Å²) in [5.74, 6) is -1.17. The highest BCUT2D eigenvalue weighted by molar-refractivity contribution is 5.92. The van der Waals surface area contributed by atoms with Crippen molar-refractivity contribution in [3.05, 3.63) is 215 Å². The summed E-state index contributed by atoms with van der Waals surface area (Å²) in [5, 5.41) is 8.32. The zero-order valence-electron chi connectivity index (χ0n) is 36.2. The van der Waals surface area contributed by atoms with Gasteiger partial charge in [0, 0.05) is 25.7 Å². The molecule has 0 saturated carbocycles. The molecule has 0 aliphatic heterocycles. The van der Waals surface area contributed by atoms with Crippen molar-refractivity contribution < 1.29 is 28.6 Å². The highest BCUT2D eigenvalue weighted by Gasteiger charge is 2.40. The summed E-state index contributed by atoms with van der Waals surface area (Å²) < 4.78 is 18.0. The summed E-state index contributed by atoms with van der Waals surface area (Å²) in [4.78, 5) is 45.9. The molecule has 3 amide bonds. The number of fused-ring (bicyclic) bond motifs is 4. The predicted molar refractivity (Wildman–Crippen MR) is 250 cm³/mol. The Morgan fingerprint density at radius 2 is 1.11 bits per heavy atom. The molecular formula is C55H53N3O6. The van der Waals surface area contributed by atoms with Gasteiger partial charge in [-0.3, -0.25) is 9.59 Å². The van der Waals surface area contributed by atoms with E-state index in [0.29, 0.717) is 13.2 Å². The highest BCUT2D eigenvalue weighted by Crippen LogP contribution is 2.44. The summed E-state index contributed by atoms with van der Waals surface area (Å²) in [6, 6.07) is 58.2. The standard InChI is InChI=1S/C55H53N3O6/c1-3-62-52(63-4-2)37-58(36-39-32-33-40-20-14-15-21-41(40)34-39)53(60)50(56-54(61)64-38-49-47-30-18-16-28-45(47)46-29-17-19-31-48(46)49)35-51(59)57-55(42-22-8-5-9-23-42,43-24-10-6-11-25-43)44-26-12-7-13-27-44/h5-34,49-50,52H,3-4,35-38H2,1-2H3,(H,56,61)(H,57,59). The molecule has 64 heavy (non-hydrogen) atoms. The van der Waals surface area contributed by atoms with Crippen molar-refractivity contribution in [1.29, 1.82) is 0 Å². The van der Waals surface area contributed by atoms with Gasteiger partial charge >= 0.3 is 6.09 Å². The number of carbonyl (C=O) groups is 3. The van der Waals surface area contributed by atoms with Crippen LogP contribution in [-0.2, 0) is 35.9 Å². The van der Waals surface area contributed by atoms with Crippen molar-refractivity contribution >= 4 is 28.7 Å². The lowest BCUT2D eigenvalue weighted by molar-refractivity contribution is -0.161. The Morgan fingerprint density at radius 1 is 0.609 bits per heavy atom. The monoisotopic (exact) mass is 851 g/mol. The molecule has 2 N–H and O–H groups in total. The molecule has 0 aromatic heterocycles. The predicted octanol–water partition coefficient (Wildman–Crippen LogP) is 9.97. The van der Waals surface area contributed by atoms with Gasteiger partial charge in [-0.05, 0) is 75.2 Å². The average Bonchev–Trinajstić information content (AvgIpc) is 3.66. The van der Waals surface area contributed by atoms with Gasteiger partial charge in [0.1, 0.15) is 18.2 Å². The molecule has 0 fully saturated rings. The van der Waals surface area contributed by atoms with Crippen molar-refractivity contribution in [1.82, 2.24) is 15.5 Å². The number of carbonyl (C=O) groups excluding carboxylic acids is 3. The van der Waals surface area contributed by atoms with Gasteiger partial charge in [0.25, 0.3) is 0 Å². The summed E-state index contributed by atoms with van der Waals surface area (Å²) in [6.07, 6.45) is -1.98. The van der Waals surface area contributed by atoms with Crippen LogP contribution in [0.2, 0.25) is 0 Å². The molecule has 1 atom stereocenters. The summed E-state index contributed by atoms with van der Waals surface area (Å²) in [6.45, 7) is 4.67. The molecule has 8 rings (SSSR count). The molecule has 1 aliphatic rings. The van der Waals surface area contributed by atoms with Crippen LogP contribution in [0, 0.1) is 0 Å². The number of amides is 3. The van der Waals surface area contributed by atoms with Crippen LogP contribution in [0.4, 0.5) is 4.79 Å². The minimum absolute atomic E-state index is 0.0314. The van der Waals surface area contributed by atoms with Crippen LogP contribution in [0.15, 0.2) is 182 Å². The van der Waals surface area contributed by atoms with Gasteiger partial charge in [0.05, 0.1) is 13.0 Å². The maximum Gasteiger partial charge on any atom is 0.407 e. The Balaban J connectivity index is 1.14. The maximum atomic E-state index is 15.3. The summed E-state index contributed by atoms with van der Waals surface area (Å²) >= 11 is 0. The largest absolute Gasteiger partial charge is 0.449 e. The second-order valence-corrected chi connectivity index (χ2v) is 15.9. The topological polar surface area (TPSA) is 106 Å². The van der Waals surface area contributed by atoms with Gasteiger partial charge in [0.2, 0.25) is 11.8 Å². The quantitative estimate of drug-likeness (QED) is 0.0658. The molecule has 1 aliphatic carbocycles. The Kier molecular flexibility index (Phi) is 13.9. The van der Waals surface area contributed by atoms with E-state index < -0.39 is 42.2 Å². The molecule has 7 aromatic rings. The Labute approximate surface area is 375 Å². The third kappa shape index (κ3) is 9.61. The first-order valence-corrected chi connectivity index (χ1v) is 22.0. The fraction of sp³-hybridized carbons (Fsp3) is 0.218. The minimum Gasteiger partial charge on any atom is -0.449 e. The first kappa shape index (κ1) is 43.6. The lowest BCUT2D eigenvalue weighted by Crippen LogP contribution is -2.54. The molecule has 0 spiro atoms. The van der Waals surface area contributed by atoms with E-state index in [2.05, 4.69) is 22.8 Å². The number of hydrogen-bond donors (Lipinski definition) is 2. The van der Waals surface area contributed by atoms with Gasteiger partial charge in [0.15, 0.2) is 6.29 Å². The molecule has 324 valence electrons. The van der Waals surface area contributed by atoms with Crippen molar-refractivity contribution in [2.45, 2.75) is 50.6 Å². The van der Waals surface area contributed by atoms with Crippen molar-refractivity contribution in [2.24, 2.45) is 0 Å². The van der Waals surface area contributed by atoms with E-state index >= 15 is 4.79 Å². The van der Waals surface area contributed by atoms with E-state index in [4.69, 9.17) is 14.2 Å². The van der Waals surface area contributed by atoms with Crippen LogP contribution < -0.4 is 10.6 Å². The fourth-order valence-electron chi connectivity index (χ4n) is 8.92. The van der Waals surface area contributed by atoms with E-state index in [1.807, 2.05) is 184 Å². The molecular weight excluding hydrogens is 799 g/mol. The molecule has 7 aromatic carbocycles. The van der Waals surface area contributed by atoms with Crippen molar-refractivity contribution in [3.63, 3.8) is 0 Å². The van der Waals surface area contributed by atoms with Crippen LogP contribution >= 0.6 is 0 Å². The highest BCUT2D eigenvalue weighted by atomic mass is 16.7. The van der Waals surface area contributed by atoms with Crippen LogP contribution in [-0.4, -0.2) is 61.5 Å². The van der Waals surface area contributed by atoms with Crippen LogP contribution in [0.5, 0.6) is 0 Å². The summed E-state index contributed by atoms with van der Waals surface area (Å²) in [5.41, 5.74) is 6.48. The number of alkyl carbamates (subject to hydrolysis) is 1. The van der Waals surface area contributed by atoms with Gasteiger partial charge < -0.3 is 29.7 Å².